The lowest BCUT2D eigenvalue weighted by Crippen LogP contribution is -2.19. The zero-order valence-corrected chi connectivity index (χ0v) is 15.1. The van der Waals surface area contributed by atoms with Crippen LogP contribution in [0.15, 0.2) is 16.5 Å². The Morgan fingerprint density at radius 1 is 1.29 bits per heavy atom. The maximum Gasteiger partial charge on any atom is 0.253 e. The minimum absolute atomic E-state index is 0. The lowest BCUT2D eigenvalue weighted by molar-refractivity contribution is 0.361. The zero-order valence-electron chi connectivity index (χ0n) is 13.5. The predicted octanol–water partition coefficient (Wildman–Crippen LogP) is 0.734. The van der Waals surface area contributed by atoms with Crippen LogP contribution in [0.25, 0.3) is 5.78 Å². The van der Waals surface area contributed by atoms with Crippen molar-refractivity contribution in [1.82, 2.24) is 44.7 Å². The van der Waals surface area contributed by atoms with E-state index >= 15 is 0 Å². The van der Waals surface area contributed by atoms with Gasteiger partial charge in [0.15, 0.2) is 0 Å². The van der Waals surface area contributed by atoms with E-state index < -0.39 is 0 Å². The highest BCUT2D eigenvalue weighted by molar-refractivity contribution is 7.99. The van der Waals surface area contributed by atoms with E-state index in [0.717, 1.165) is 48.2 Å². The Labute approximate surface area is 149 Å². The first kappa shape index (κ1) is 17.1. The third kappa shape index (κ3) is 3.08. The van der Waals surface area contributed by atoms with E-state index in [0.29, 0.717) is 5.78 Å². The summed E-state index contributed by atoms with van der Waals surface area (Å²) in [4.78, 5) is 10.9. The van der Waals surface area contributed by atoms with Crippen molar-refractivity contribution in [3.63, 3.8) is 0 Å². The van der Waals surface area contributed by atoms with E-state index in [1.54, 1.807) is 16.3 Å². The number of hydrogen-bond donors (Lipinski definition) is 0. The first-order valence-electron chi connectivity index (χ1n) is 7.52. The van der Waals surface area contributed by atoms with Gasteiger partial charge in [0.2, 0.25) is 5.16 Å². The van der Waals surface area contributed by atoms with Gasteiger partial charge in [0.05, 0.1) is 12.2 Å². The van der Waals surface area contributed by atoms with Gasteiger partial charge in [-0.3, -0.25) is 0 Å². The van der Waals surface area contributed by atoms with Crippen molar-refractivity contribution in [3.8, 4) is 0 Å². The zero-order chi connectivity index (χ0) is 15.8. The van der Waals surface area contributed by atoms with E-state index in [2.05, 4.69) is 35.5 Å². The van der Waals surface area contributed by atoms with Crippen LogP contribution < -0.4 is 0 Å². The van der Waals surface area contributed by atoms with Gasteiger partial charge in [-0.25, -0.2) is 9.67 Å². The summed E-state index contributed by atoms with van der Waals surface area (Å²) in [5.41, 5.74) is 2.37. The minimum atomic E-state index is 0. The topological polar surface area (TPSA) is 89.9 Å². The van der Waals surface area contributed by atoms with E-state index in [9.17, 15) is 0 Å². The molecule has 1 aliphatic carbocycles. The van der Waals surface area contributed by atoms with Crippen molar-refractivity contribution in [2.75, 3.05) is 20.6 Å². The maximum absolute atomic E-state index is 4.60. The van der Waals surface area contributed by atoms with Crippen LogP contribution >= 0.6 is 24.2 Å². The molecule has 3 heterocycles. The number of aryl methyl sites for hydroxylation is 1. The summed E-state index contributed by atoms with van der Waals surface area (Å²) in [6.07, 6.45) is 4.67. The molecule has 0 atom stereocenters. The highest BCUT2D eigenvalue weighted by Crippen LogP contribution is 2.34. The van der Waals surface area contributed by atoms with Gasteiger partial charge < -0.3 is 4.90 Å². The lowest BCUT2D eigenvalue weighted by atomic mass is 10.3. The second-order valence-corrected chi connectivity index (χ2v) is 6.71. The SMILES string of the molecule is CN(C)CCn1nnnc1Sc1c2c(nc3ncnn13)CCC2.Cl. The Balaban J connectivity index is 0.00000169. The number of halogens is 1. The van der Waals surface area contributed by atoms with Gasteiger partial charge in [-0.1, -0.05) is 0 Å². The van der Waals surface area contributed by atoms with Crippen LogP contribution in [-0.4, -0.2) is 65.3 Å². The standard InChI is InChI=1S/C13H17N9S.ClH/c1-20(2)6-7-21-13(17-18-19-21)23-11-9-4-3-5-10(9)16-12-14-8-15-22(11)12;/h8H,3-7H2,1-2H3;1H. The maximum atomic E-state index is 4.60. The van der Waals surface area contributed by atoms with Crippen molar-refractivity contribution in [2.45, 2.75) is 36.0 Å². The summed E-state index contributed by atoms with van der Waals surface area (Å²) < 4.78 is 3.62. The lowest BCUT2D eigenvalue weighted by Gasteiger charge is -2.11. The fraction of sp³-hybridized carbons (Fsp3) is 0.538. The number of likely N-dealkylation sites (N-methyl/N-ethyl adjacent to an activating group) is 1. The second kappa shape index (κ2) is 6.99. The van der Waals surface area contributed by atoms with Crippen LogP contribution in [-0.2, 0) is 19.4 Å². The monoisotopic (exact) mass is 367 g/mol. The first-order chi connectivity index (χ1) is 11.2. The summed E-state index contributed by atoms with van der Waals surface area (Å²) in [5.74, 6) is 0.639. The smallest absolute Gasteiger partial charge is 0.253 e. The van der Waals surface area contributed by atoms with Gasteiger partial charge in [-0.05, 0) is 55.5 Å². The number of nitrogens with zero attached hydrogens (tertiary/aromatic N) is 9. The third-order valence-corrected chi connectivity index (χ3v) is 4.94. The van der Waals surface area contributed by atoms with Crippen molar-refractivity contribution >= 4 is 29.9 Å². The Morgan fingerprint density at radius 2 is 2.17 bits per heavy atom. The van der Waals surface area contributed by atoms with Gasteiger partial charge in [0, 0.05) is 12.1 Å². The van der Waals surface area contributed by atoms with Gasteiger partial charge in [0.1, 0.15) is 11.4 Å². The van der Waals surface area contributed by atoms with Crippen molar-refractivity contribution in [3.05, 3.63) is 17.6 Å². The van der Waals surface area contributed by atoms with Gasteiger partial charge in [0.25, 0.3) is 5.78 Å². The van der Waals surface area contributed by atoms with Crippen LogP contribution in [0.5, 0.6) is 0 Å². The van der Waals surface area contributed by atoms with Gasteiger partial charge in [-0.15, -0.1) is 17.5 Å². The number of rotatable bonds is 5. The molecule has 128 valence electrons. The summed E-state index contributed by atoms with van der Waals surface area (Å²) in [5, 5.41) is 18.2. The summed E-state index contributed by atoms with van der Waals surface area (Å²) in [6, 6.07) is 0. The number of aromatic nitrogens is 8. The molecule has 4 rings (SSSR count). The van der Waals surface area contributed by atoms with Crippen LogP contribution in [0.3, 0.4) is 0 Å². The fourth-order valence-electron chi connectivity index (χ4n) is 2.68. The average Bonchev–Trinajstić information content (AvgIpc) is 3.24. The van der Waals surface area contributed by atoms with Crippen LogP contribution in [0.2, 0.25) is 0 Å². The molecule has 1 aliphatic rings. The van der Waals surface area contributed by atoms with E-state index in [4.69, 9.17) is 0 Å². The van der Waals surface area contributed by atoms with E-state index in [1.807, 2.05) is 18.8 Å². The van der Waals surface area contributed by atoms with E-state index in [1.165, 1.54) is 11.9 Å². The Kier molecular flexibility index (Phi) is 4.97. The Bertz CT molecular complexity index is 843. The van der Waals surface area contributed by atoms with Crippen LogP contribution in [0.1, 0.15) is 17.7 Å². The van der Waals surface area contributed by atoms with Gasteiger partial charge in [-0.2, -0.15) is 14.6 Å². The number of fused-ring (bicyclic) bond motifs is 2. The highest BCUT2D eigenvalue weighted by Gasteiger charge is 2.23. The number of tetrazole rings is 1. The van der Waals surface area contributed by atoms with Crippen molar-refractivity contribution < 1.29 is 0 Å². The molecule has 0 spiro atoms. The van der Waals surface area contributed by atoms with Crippen molar-refractivity contribution in [2.24, 2.45) is 0 Å². The molecule has 3 aromatic heterocycles. The van der Waals surface area contributed by atoms with Gasteiger partial charge >= 0.3 is 0 Å². The minimum Gasteiger partial charge on any atom is -0.308 e. The summed E-state index contributed by atoms with van der Waals surface area (Å²) in [6.45, 7) is 1.63. The molecule has 0 saturated heterocycles. The molecule has 0 aliphatic heterocycles. The Hall–Kier alpha value is -1.78. The molecule has 0 radical (unpaired) electrons. The molecule has 0 amide bonds. The second-order valence-electron chi connectivity index (χ2n) is 5.76. The normalized spacial score (nSPS) is 13.5. The van der Waals surface area contributed by atoms with E-state index in [-0.39, 0.29) is 12.4 Å². The summed E-state index contributed by atoms with van der Waals surface area (Å²) >= 11 is 1.54. The summed E-state index contributed by atoms with van der Waals surface area (Å²) in [7, 11) is 4.07. The first-order valence-corrected chi connectivity index (χ1v) is 8.34. The molecule has 0 aromatic carbocycles. The molecule has 0 bridgehead atoms. The number of hydrogen-bond acceptors (Lipinski definition) is 8. The molecule has 0 saturated carbocycles. The Morgan fingerprint density at radius 3 is 3.00 bits per heavy atom. The molecule has 11 heteroatoms. The molecule has 0 N–H and O–H groups in total. The largest absolute Gasteiger partial charge is 0.308 e. The molecule has 24 heavy (non-hydrogen) atoms. The molecular formula is C13H18ClN9S. The van der Waals surface area contributed by atoms with Crippen LogP contribution in [0, 0.1) is 0 Å². The average molecular weight is 368 g/mol. The molecular weight excluding hydrogens is 350 g/mol. The highest BCUT2D eigenvalue weighted by atomic mass is 35.5. The predicted molar refractivity (Wildman–Crippen MR) is 90.5 cm³/mol. The van der Waals surface area contributed by atoms with Crippen LogP contribution in [0.4, 0.5) is 0 Å². The molecule has 0 unspecified atom stereocenters. The van der Waals surface area contributed by atoms with Crippen molar-refractivity contribution in [1.29, 1.82) is 0 Å². The molecule has 9 nitrogen and oxygen atoms in total. The quantitative estimate of drug-likeness (QED) is 0.610. The molecule has 0 fully saturated rings. The molecule has 3 aromatic rings. The third-order valence-electron chi connectivity index (χ3n) is 3.85. The fourth-order valence-corrected chi connectivity index (χ4v) is 3.72.